The smallest absolute Gasteiger partial charge is 0.0662 e. The van der Waals surface area contributed by atoms with Gasteiger partial charge in [0.1, 0.15) is 0 Å². The third-order valence-corrected chi connectivity index (χ3v) is 3.38. The fourth-order valence-electron chi connectivity index (χ4n) is 2.60. The Morgan fingerprint density at radius 1 is 1.15 bits per heavy atom. The highest BCUT2D eigenvalue weighted by atomic mass is 15.1. The summed E-state index contributed by atoms with van der Waals surface area (Å²) in [6, 6.07) is 0. The van der Waals surface area contributed by atoms with Crippen molar-refractivity contribution in [3.8, 4) is 0 Å². The van der Waals surface area contributed by atoms with E-state index in [0.29, 0.717) is 0 Å². The first kappa shape index (κ1) is 7.44. The Kier molecular flexibility index (Phi) is 1.44. The Labute approximate surface area is 78.3 Å². The SMILES string of the molecule is C1=C2CNC=C2C2(CCNCC2)N1. The summed E-state index contributed by atoms with van der Waals surface area (Å²) in [6.07, 6.45) is 6.80. The third kappa shape index (κ3) is 0.936. The van der Waals surface area contributed by atoms with Gasteiger partial charge in [-0.05, 0) is 37.1 Å². The van der Waals surface area contributed by atoms with Gasteiger partial charge in [-0.3, -0.25) is 0 Å². The van der Waals surface area contributed by atoms with Crippen molar-refractivity contribution in [1.29, 1.82) is 0 Å². The average Bonchev–Trinajstić information content (AvgIpc) is 2.73. The first-order valence-electron chi connectivity index (χ1n) is 5.03. The molecule has 3 N–H and O–H groups in total. The van der Waals surface area contributed by atoms with Gasteiger partial charge in [-0.15, -0.1) is 0 Å². The predicted molar refractivity (Wildman–Crippen MR) is 52.1 cm³/mol. The first-order valence-corrected chi connectivity index (χ1v) is 5.03. The molecule has 1 saturated heterocycles. The van der Waals surface area contributed by atoms with Gasteiger partial charge in [-0.1, -0.05) is 0 Å². The van der Waals surface area contributed by atoms with Crippen molar-refractivity contribution in [2.24, 2.45) is 0 Å². The zero-order valence-electron chi connectivity index (χ0n) is 7.69. The van der Waals surface area contributed by atoms with Gasteiger partial charge in [0, 0.05) is 18.9 Å². The van der Waals surface area contributed by atoms with Crippen LogP contribution in [-0.2, 0) is 0 Å². The van der Waals surface area contributed by atoms with E-state index in [-0.39, 0.29) is 5.54 Å². The molecule has 13 heavy (non-hydrogen) atoms. The van der Waals surface area contributed by atoms with Crippen molar-refractivity contribution in [3.05, 3.63) is 23.5 Å². The van der Waals surface area contributed by atoms with Gasteiger partial charge < -0.3 is 16.0 Å². The Balaban J connectivity index is 1.92. The van der Waals surface area contributed by atoms with Crippen LogP contribution in [0.25, 0.3) is 0 Å². The van der Waals surface area contributed by atoms with E-state index in [0.717, 1.165) is 19.6 Å². The van der Waals surface area contributed by atoms with Crippen LogP contribution in [0.15, 0.2) is 23.5 Å². The Morgan fingerprint density at radius 3 is 2.85 bits per heavy atom. The van der Waals surface area contributed by atoms with Crippen LogP contribution < -0.4 is 16.0 Å². The molecule has 3 aliphatic heterocycles. The molecule has 3 nitrogen and oxygen atoms in total. The van der Waals surface area contributed by atoms with Crippen molar-refractivity contribution >= 4 is 0 Å². The second-order valence-electron chi connectivity index (χ2n) is 4.08. The topological polar surface area (TPSA) is 36.1 Å². The molecule has 3 rings (SSSR count). The van der Waals surface area contributed by atoms with Gasteiger partial charge in [-0.2, -0.15) is 0 Å². The molecule has 0 saturated carbocycles. The van der Waals surface area contributed by atoms with E-state index in [9.17, 15) is 0 Å². The van der Waals surface area contributed by atoms with Gasteiger partial charge in [0.2, 0.25) is 0 Å². The minimum Gasteiger partial charge on any atom is -0.386 e. The highest BCUT2D eigenvalue weighted by Gasteiger charge is 2.41. The second kappa shape index (κ2) is 2.51. The molecule has 1 spiro atoms. The van der Waals surface area contributed by atoms with Gasteiger partial charge in [-0.25, -0.2) is 0 Å². The maximum absolute atomic E-state index is 3.56. The molecule has 0 radical (unpaired) electrons. The van der Waals surface area contributed by atoms with Crippen molar-refractivity contribution in [1.82, 2.24) is 16.0 Å². The molecule has 1 fully saturated rings. The number of hydrogen-bond acceptors (Lipinski definition) is 3. The van der Waals surface area contributed by atoms with E-state index >= 15 is 0 Å². The van der Waals surface area contributed by atoms with Crippen molar-refractivity contribution in [2.45, 2.75) is 18.4 Å². The maximum atomic E-state index is 3.56. The van der Waals surface area contributed by atoms with Crippen LogP contribution in [-0.4, -0.2) is 25.2 Å². The molecule has 0 aromatic heterocycles. The van der Waals surface area contributed by atoms with E-state index in [1.165, 1.54) is 24.0 Å². The molecule has 0 aliphatic carbocycles. The van der Waals surface area contributed by atoms with Crippen LogP contribution >= 0.6 is 0 Å². The summed E-state index contributed by atoms with van der Waals surface area (Å²) in [5.74, 6) is 0. The lowest BCUT2D eigenvalue weighted by atomic mass is 9.82. The summed E-state index contributed by atoms with van der Waals surface area (Å²) in [7, 11) is 0. The standard InChI is InChI=1S/C10H15N3/c1-3-11-4-2-10(1)9-7-12-5-8(9)6-13-10/h6-7,11-13H,1-5H2. The van der Waals surface area contributed by atoms with Gasteiger partial charge >= 0.3 is 0 Å². The molecule has 0 aromatic rings. The number of rotatable bonds is 0. The van der Waals surface area contributed by atoms with Crippen LogP contribution in [0.5, 0.6) is 0 Å². The van der Waals surface area contributed by atoms with E-state index in [4.69, 9.17) is 0 Å². The third-order valence-electron chi connectivity index (χ3n) is 3.38. The Morgan fingerprint density at radius 2 is 2.00 bits per heavy atom. The molecule has 3 heteroatoms. The summed E-state index contributed by atoms with van der Waals surface area (Å²) in [6.45, 7) is 3.27. The molecule has 0 bridgehead atoms. The number of fused-ring (bicyclic) bond motifs is 2. The van der Waals surface area contributed by atoms with E-state index < -0.39 is 0 Å². The summed E-state index contributed by atoms with van der Waals surface area (Å²) in [5.41, 5.74) is 3.24. The number of nitrogens with one attached hydrogen (secondary N) is 3. The number of hydrogen-bond donors (Lipinski definition) is 3. The van der Waals surface area contributed by atoms with Gasteiger partial charge in [0.25, 0.3) is 0 Å². The van der Waals surface area contributed by atoms with E-state index in [1.807, 2.05) is 0 Å². The lowest BCUT2D eigenvalue weighted by molar-refractivity contribution is 0.330. The monoisotopic (exact) mass is 177 g/mol. The zero-order valence-corrected chi connectivity index (χ0v) is 7.69. The molecule has 0 aromatic carbocycles. The van der Waals surface area contributed by atoms with Crippen molar-refractivity contribution in [3.63, 3.8) is 0 Å². The van der Waals surface area contributed by atoms with Gasteiger partial charge in [0.05, 0.1) is 5.54 Å². The lowest BCUT2D eigenvalue weighted by Gasteiger charge is -2.35. The van der Waals surface area contributed by atoms with Crippen LogP contribution in [0.2, 0.25) is 0 Å². The Hall–Kier alpha value is -0.960. The Bertz CT molecular complexity index is 285. The van der Waals surface area contributed by atoms with Crippen molar-refractivity contribution in [2.75, 3.05) is 19.6 Å². The van der Waals surface area contributed by atoms with Crippen LogP contribution in [0.1, 0.15) is 12.8 Å². The van der Waals surface area contributed by atoms with Gasteiger partial charge in [0.15, 0.2) is 0 Å². The molecule has 3 heterocycles. The van der Waals surface area contributed by atoms with Crippen LogP contribution in [0.4, 0.5) is 0 Å². The minimum absolute atomic E-state index is 0.268. The van der Waals surface area contributed by atoms with Crippen LogP contribution in [0.3, 0.4) is 0 Å². The summed E-state index contributed by atoms with van der Waals surface area (Å²) in [4.78, 5) is 0. The summed E-state index contributed by atoms with van der Waals surface area (Å²) < 4.78 is 0. The first-order chi connectivity index (χ1) is 6.41. The highest BCUT2D eigenvalue weighted by Crippen LogP contribution is 2.37. The zero-order chi connectivity index (χ0) is 8.73. The molecular weight excluding hydrogens is 162 g/mol. The summed E-state index contributed by atoms with van der Waals surface area (Å²) in [5, 5.41) is 10.3. The predicted octanol–water partition coefficient (Wildman–Crippen LogP) is 0.0828. The van der Waals surface area contributed by atoms with Crippen molar-refractivity contribution < 1.29 is 0 Å². The number of piperidine rings is 1. The molecule has 0 amide bonds. The summed E-state index contributed by atoms with van der Waals surface area (Å²) >= 11 is 0. The lowest BCUT2D eigenvalue weighted by Crippen LogP contribution is -2.49. The normalized spacial score (nSPS) is 28.9. The minimum atomic E-state index is 0.268. The largest absolute Gasteiger partial charge is 0.386 e. The molecule has 3 aliphatic rings. The average molecular weight is 177 g/mol. The fraction of sp³-hybridized carbons (Fsp3) is 0.600. The molecule has 0 atom stereocenters. The fourth-order valence-corrected chi connectivity index (χ4v) is 2.60. The quantitative estimate of drug-likeness (QED) is 0.490. The second-order valence-corrected chi connectivity index (χ2v) is 4.08. The highest BCUT2D eigenvalue weighted by molar-refractivity contribution is 5.49. The van der Waals surface area contributed by atoms with Crippen LogP contribution in [0, 0.1) is 0 Å². The molecule has 70 valence electrons. The van der Waals surface area contributed by atoms with E-state index in [2.05, 4.69) is 28.4 Å². The van der Waals surface area contributed by atoms with E-state index in [1.54, 1.807) is 0 Å². The molecule has 0 unspecified atom stereocenters. The molecular formula is C10H15N3. The maximum Gasteiger partial charge on any atom is 0.0662 e.